The second-order valence-corrected chi connectivity index (χ2v) is 5.27. The molecule has 3 saturated heterocycles. The van der Waals surface area contributed by atoms with E-state index in [2.05, 4.69) is 15.1 Å². The van der Waals surface area contributed by atoms with Gasteiger partial charge in [0, 0.05) is 52.4 Å². The lowest BCUT2D eigenvalue weighted by molar-refractivity contribution is 0.0334. The summed E-state index contributed by atoms with van der Waals surface area (Å²) in [6.45, 7) is 12.7. The van der Waals surface area contributed by atoms with Crippen molar-refractivity contribution in [1.82, 2.24) is 15.1 Å². The van der Waals surface area contributed by atoms with Crippen molar-refractivity contribution >= 4 is 0 Å². The number of hydrogen-bond donors (Lipinski definition) is 1. The fourth-order valence-corrected chi connectivity index (χ4v) is 2.47. The van der Waals surface area contributed by atoms with Crippen molar-refractivity contribution in [1.29, 1.82) is 0 Å². The standard InChI is InChI=1S/C14H29N3O3/c1-3-16-5-9-18-10-6-17(4-2-15-1)8-12-20-14-13-19-11-7-16/h15H,1-14H2. The SMILES string of the molecule is C1CN2CCOCCOCCN(CCN1)CCOCC2. The molecule has 3 aliphatic heterocycles. The Kier molecular flexibility index (Phi) is 8.46. The zero-order valence-corrected chi connectivity index (χ0v) is 12.5. The van der Waals surface area contributed by atoms with Crippen molar-refractivity contribution in [2.24, 2.45) is 0 Å². The minimum atomic E-state index is 0.697. The highest BCUT2D eigenvalue weighted by molar-refractivity contribution is 4.65. The van der Waals surface area contributed by atoms with E-state index in [1.165, 1.54) is 0 Å². The van der Waals surface area contributed by atoms with Crippen LogP contribution in [0.1, 0.15) is 0 Å². The zero-order valence-electron chi connectivity index (χ0n) is 12.5. The summed E-state index contributed by atoms with van der Waals surface area (Å²) in [5.74, 6) is 0. The first-order valence-electron chi connectivity index (χ1n) is 7.84. The van der Waals surface area contributed by atoms with Gasteiger partial charge >= 0.3 is 0 Å². The van der Waals surface area contributed by atoms with Crippen molar-refractivity contribution in [3.8, 4) is 0 Å². The van der Waals surface area contributed by atoms with E-state index in [1.807, 2.05) is 0 Å². The third-order valence-electron chi connectivity index (χ3n) is 3.79. The van der Waals surface area contributed by atoms with Crippen LogP contribution in [0.2, 0.25) is 0 Å². The lowest BCUT2D eigenvalue weighted by Crippen LogP contribution is -2.41. The topological polar surface area (TPSA) is 46.2 Å². The Labute approximate surface area is 122 Å². The van der Waals surface area contributed by atoms with Gasteiger partial charge < -0.3 is 19.5 Å². The second-order valence-electron chi connectivity index (χ2n) is 5.27. The van der Waals surface area contributed by atoms with Gasteiger partial charge in [-0.3, -0.25) is 9.80 Å². The monoisotopic (exact) mass is 287 g/mol. The maximum atomic E-state index is 5.76. The first kappa shape index (κ1) is 16.1. The molecule has 0 aliphatic carbocycles. The Morgan fingerprint density at radius 2 is 0.900 bits per heavy atom. The quantitative estimate of drug-likeness (QED) is 0.633. The molecular weight excluding hydrogens is 258 g/mol. The molecular formula is C14H29N3O3. The minimum absolute atomic E-state index is 0.697. The lowest BCUT2D eigenvalue weighted by atomic mass is 10.4. The summed E-state index contributed by atoms with van der Waals surface area (Å²) in [6, 6.07) is 0. The first-order chi connectivity index (χ1) is 9.95. The van der Waals surface area contributed by atoms with Gasteiger partial charge in [0.1, 0.15) is 0 Å². The Morgan fingerprint density at radius 3 is 1.35 bits per heavy atom. The van der Waals surface area contributed by atoms with Crippen LogP contribution in [0.15, 0.2) is 0 Å². The molecule has 3 rings (SSSR count). The molecule has 6 nitrogen and oxygen atoms in total. The summed E-state index contributed by atoms with van der Waals surface area (Å²) in [5, 5.41) is 3.53. The van der Waals surface area contributed by atoms with Gasteiger partial charge in [-0.1, -0.05) is 0 Å². The smallest absolute Gasteiger partial charge is 0.0701 e. The van der Waals surface area contributed by atoms with Crippen LogP contribution in [0.5, 0.6) is 0 Å². The van der Waals surface area contributed by atoms with Crippen LogP contribution in [0.4, 0.5) is 0 Å². The van der Waals surface area contributed by atoms with Crippen LogP contribution < -0.4 is 5.32 Å². The Bertz CT molecular complexity index is 202. The molecule has 2 atom stereocenters. The summed E-state index contributed by atoms with van der Waals surface area (Å²) in [5.41, 5.74) is 0. The van der Waals surface area contributed by atoms with Crippen LogP contribution in [0.25, 0.3) is 0 Å². The first-order valence-corrected chi connectivity index (χ1v) is 7.84. The van der Waals surface area contributed by atoms with E-state index >= 15 is 0 Å². The molecule has 3 aliphatic rings. The van der Waals surface area contributed by atoms with Crippen LogP contribution in [0, 0.1) is 0 Å². The molecule has 0 aromatic rings. The molecule has 0 spiro atoms. The number of ether oxygens (including phenoxy) is 3. The van der Waals surface area contributed by atoms with Crippen molar-refractivity contribution in [3.63, 3.8) is 0 Å². The molecule has 20 heavy (non-hydrogen) atoms. The van der Waals surface area contributed by atoms with E-state index in [0.717, 1.165) is 78.8 Å². The maximum Gasteiger partial charge on any atom is 0.0701 e. The van der Waals surface area contributed by atoms with Crippen LogP contribution in [-0.4, -0.2) is 102 Å². The van der Waals surface area contributed by atoms with Gasteiger partial charge in [0.25, 0.3) is 0 Å². The maximum absolute atomic E-state index is 5.76. The molecule has 0 aromatic carbocycles. The predicted octanol–water partition coefficient (Wildman–Crippen LogP) is -0.743. The third kappa shape index (κ3) is 6.97. The molecule has 2 unspecified atom stereocenters. The zero-order chi connectivity index (χ0) is 13.9. The molecule has 1 N–H and O–H groups in total. The van der Waals surface area contributed by atoms with Crippen LogP contribution >= 0.6 is 0 Å². The normalized spacial score (nSPS) is 32.4. The van der Waals surface area contributed by atoms with Crippen LogP contribution in [-0.2, 0) is 14.2 Å². The van der Waals surface area contributed by atoms with Crippen molar-refractivity contribution in [2.75, 3.05) is 92.0 Å². The van der Waals surface area contributed by atoms with Crippen molar-refractivity contribution in [2.45, 2.75) is 0 Å². The Morgan fingerprint density at radius 1 is 0.500 bits per heavy atom. The summed E-state index contributed by atoms with van der Waals surface area (Å²) in [4.78, 5) is 4.82. The van der Waals surface area contributed by atoms with E-state index in [0.29, 0.717) is 13.2 Å². The summed E-state index contributed by atoms with van der Waals surface area (Å²) in [6.07, 6.45) is 0. The second kappa shape index (κ2) is 10.5. The highest BCUT2D eigenvalue weighted by atomic mass is 16.5. The van der Waals surface area contributed by atoms with Crippen molar-refractivity contribution in [3.05, 3.63) is 0 Å². The molecule has 2 bridgehead atoms. The molecule has 3 heterocycles. The van der Waals surface area contributed by atoms with E-state index in [4.69, 9.17) is 14.2 Å². The molecule has 0 amide bonds. The van der Waals surface area contributed by atoms with Gasteiger partial charge in [-0.2, -0.15) is 0 Å². The van der Waals surface area contributed by atoms with E-state index in [-0.39, 0.29) is 0 Å². The van der Waals surface area contributed by atoms with Crippen molar-refractivity contribution < 1.29 is 14.2 Å². The van der Waals surface area contributed by atoms with E-state index < -0.39 is 0 Å². The van der Waals surface area contributed by atoms with Crippen LogP contribution in [0.3, 0.4) is 0 Å². The Balaban J connectivity index is 1.88. The highest BCUT2D eigenvalue weighted by Gasteiger charge is 2.09. The third-order valence-corrected chi connectivity index (χ3v) is 3.79. The molecule has 0 aromatic heterocycles. The van der Waals surface area contributed by atoms with Gasteiger partial charge in [0.05, 0.1) is 39.6 Å². The average molecular weight is 287 g/mol. The van der Waals surface area contributed by atoms with Gasteiger partial charge in [-0.25, -0.2) is 0 Å². The molecule has 3 fully saturated rings. The average Bonchev–Trinajstić information content (AvgIpc) is 2.46. The predicted molar refractivity (Wildman–Crippen MR) is 78.2 cm³/mol. The molecule has 0 radical (unpaired) electrons. The largest absolute Gasteiger partial charge is 0.379 e. The van der Waals surface area contributed by atoms with E-state index in [1.54, 1.807) is 0 Å². The van der Waals surface area contributed by atoms with Gasteiger partial charge in [-0.15, -0.1) is 0 Å². The number of nitrogens with one attached hydrogen (secondary N) is 1. The highest BCUT2D eigenvalue weighted by Crippen LogP contribution is 1.95. The number of nitrogens with zero attached hydrogens (tertiary/aromatic N) is 2. The van der Waals surface area contributed by atoms with Gasteiger partial charge in [0.15, 0.2) is 0 Å². The minimum Gasteiger partial charge on any atom is -0.379 e. The molecule has 0 saturated carbocycles. The fourth-order valence-electron chi connectivity index (χ4n) is 2.47. The van der Waals surface area contributed by atoms with Gasteiger partial charge in [-0.05, 0) is 0 Å². The number of rotatable bonds is 0. The summed E-state index contributed by atoms with van der Waals surface area (Å²) >= 11 is 0. The fraction of sp³-hybridized carbons (Fsp3) is 1.00. The number of fused-ring (bicyclic) bond motifs is 15. The molecule has 6 heteroatoms. The lowest BCUT2D eigenvalue weighted by Gasteiger charge is -2.25. The summed E-state index contributed by atoms with van der Waals surface area (Å²) in [7, 11) is 0. The summed E-state index contributed by atoms with van der Waals surface area (Å²) < 4.78 is 17.0. The Hall–Kier alpha value is -0.240. The number of hydrogen-bond acceptors (Lipinski definition) is 6. The molecule has 118 valence electrons. The van der Waals surface area contributed by atoms with Gasteiger partial charge in [0.2, 0.25) is 0 Å². The van der Waals surface area contributed by atoms with E-state index in [9.17, 15) is 0 Å².